The zero-order valence-corrected chi connectivity index (χ0v) is 17.3. The Morgan fingerprint density at radius 1 is 1.14 bits per heavy atom. The highest BCUT2D eigenvalue weighted by Gasteiger charge is 2.17. The fourth-order valence-corrected chi connectivity index (χ4v) is 2.92. The Hall–Kier alpha value is -2.73. The molecule has 0 saturated heterocycles. The molecule has 0 atom stereocenters. The number of amides is 2. The minimum absolute atomic E-state index is 0.166. The summed E-state index contributed by atoms with van der Waals surface area (Å²) in [4.78, 5) is 24.7. The van der Waals surface area contributed by atoms with Gasteiger partial charge in [-0.15, -0.1) is 0 Å². The van der Waals surface area contributed by atoms with Crippen molar-refractivity contribution in [2.24, 2.45) is 0 Å². The van der Waals surface area contributed by atoms with Crippen molar-refractivity contribution in [1.29, 1.82) is 0 Å². The van der Waals surface area contributed by atoms with Gasteiger partial charge in [-0.25, -0.2) is 0 Å². The number of aryl methyl sites for hydroxylation is 2. The van der Waals surface area contributed by atoms with Crippen LogP contribution in [0.25, 0.3) is 0 Å². The number of halogens is 1. The van der Waals surface area contributed by atoms with E-state index < -0.39 is 5.91 Å². The number of hydrogen-bond donors (Lipinski definition) is 2. The fourth-order valence-electron chi connectivity index (χ4n) is 2.65. The molecule has 0 heterocycles. The third-order valence-electron chi connectivity index (χ3n) is 4.10. The average molecular weight is 405 g/mol. The predicted molar refractivity (Wildman–Crippen MR) is 111 cm³/mol. The summed E-state index contributed by atoms with van der Waals surface area (Å²) < 4.78 is 10.9. The van der Waals surface area contributed by atoms with Crippen molar-refractivity contribution >= 4 is 29.1 Å². The third-order valence-corrected chi connectivity index (χ3v) is 4.38. The summed E-state index contributed by atoms with van der Waals surface area (Å²) in [6, 6.07) is 8.78. The summed E-state index contributed by atoms with van der Waals surface area (Å²) in [5.41, 5.74) is 2.95. The highest BCUT2D eigenvalue weighted by atomic mass is 35.5. The number of hydrogen-bond acceptors (Lipinski definition) is 4. The smallest absolute Gasteiger partial charge is 0.251 e. The van der Waals surface area contributed by atoms with Crippen LogP contribution >= 0.6 is 11.6 Å². The number of ether oxygens (including phenoxy) is 2. The summed E-state index contributed by atoms with van der Waals surface area (Å²) in [6.45, 7) is 6.13. The molecule has 0 aliphatic heterocycles. The van der Waals surface area contributed by atoms with E-state index >= 15 is 0 Å². The van der Waals surface area contributed by atoms with Gasteiger partial charge in [0.05, 0.1) is 25.3 Å². The lowest BCUT2D eigenvalue weighted by Gasteiger charge is -2.14. The number of benzene rings is 2. The summed E-state index contributed by atoms with van der Waals surface area (Å²) in [7, 11) is 1.48. The first kappa shape index (κ1) is 21.6. The van der Waals surface area contributed by atoms with Gasteiger partial charge in [0.15, 0.2) is 11.5 Å². The van der Waals surface area contributed by atoms with Gasteiger partial charge in [-0.05, 0) is 43.5 Å². The molecule has 0 radical (unpaired) electrons. The molecule has 2 N–H and O–H groups in total. The van der Waals surface area contributed by atoms with Crippen molar-refractivity contribution in [3.63, 3.8) is 0 Å². The fraction of sp³-hybridized carbons (Fsp3) is 0.333. The first-order chi connectivity index (χ1) is 13.4. The van der Waals surface area contributed by atoms with Crippen LogP contribution in [0.5, 0.6) is 11.5 Å². The molecule has 28 heavy (non-hydrogen) atoms. The molecule has 0 aliphatic carbocycles. The number of methoxy groups -OCH3 is 1. The van der Waals surface area contributed by atoms with Crippen LogP contribution in [0, 0.1) is 13.8 Å². The normalized spacial score (nSPS) is 10.3. The molecule has 0 aromatic heterocycles. The van der Waals surface area contributed by atoms with E-state index in [1.165, 1.54) is 19.2 Å². The Labute approximate surface area is 170 Å². The zero-order valence-electron chi connectivity index (χ0n) is 16.5. The van der Waals surface area contributed by atoms with Gasteiger partial charge < -0.3 is 20.1 Å². The SMILES string of the molecule is CCCOc1c(Cl)cc(C(=O)NCC(=O)Nc2c(C)cccc2C)cc1OC. The lowest BCUT2D eigenvalue weighted by molar-refractivity contribution is -0.115. The molecule has 0 bridgehead atoms. The molecule has 2 aromatic rings. The van der Waals surface area contributed by atoms with Crippen molar-refractivity contribution in [3.8, 4) is 11.5 Å². The van der Waals surface area contributed by atoms with Gasteiger partial charge in [-0.1, -0.05) is 36.7 Å². The topological polar surface area (TPSA) is 76.7 Å². The van der Waals surface area contributed by atoms with Gasteiger partial charge in [0.25, 0.3) is 5.91 Å². The second-order valence-corrected chi connectivity index (χ2v) is 6.74. The van der Waals surface area contributed by atoms with Gasteiger partial charge in [0.1, 0.15) is 0 Å². The van der Waals surface area contributed by atoms with Crippen molar-refractivity contribution in [2.45, 2.75) is 27.2 Å². The maximum Gasteiger partial charge on any atom is 0.251 e. The third kappa shape index (κ3) is 5.39. The van der Waals surface area contributed by atoms with Crippen LogP contribution in [0.4, 0.5) is 5.69 Å². The van der Waals surface area contributed by atoms with Crippen LogP contribution in [0.2, 0.25) is 5.02 Å². The van der Waals surface area contributed by atoms with Gasteiger partial charge in [0, 0.05) is 11.3 Å². The Balaban J connectivity index is 2.04. The molecule has 0 aliphatic rings. The van der Waals surface area contributed by atoms with Crippen LogP contribution in [0.15, 0.2) is 30.3 Å². The molecule has 150 valence electrons. The van der Waals surface area contributed by atoms with E-state index in [2.05, 4.69) is 10.6 Å². The van der Waals surface area contributed by atoms with E-state index in [0.717, 1.165) is 23.2 Å². The first-order valence-corrected chi connectivity index (χ1v) is 9.39. The number of carbonyl (C=O) groups is 2. The lowest BCUT2D eigenvalue weighted by atomic mass is 10.1. The van der Waals surface area contributed by atoms with Crippen molar-refractivity contribution in [3.05, 3.63) is 52.0 Å². The Bertz CT molecular complexity index is 847. The molecule has 6 nitrogen and oxygen atoms in total. The Kier molecular flexibility index (Phi) is 7.70. The highest BCUT2D eigenvalue weighted by molar-refractivity contribution is 6.32. The van der Waals surface area contributed by atoms with Crippen molar-refractivity contribution < 1.29 is 19.1 Å². The number of carbonyl (C=O) groups excluding carboxylic acids is 2. The monoisotopic (exact) mass is 404 g/mol. The zero-order chi connectivity index (χ0) is 20.7. The van der Waals surface area contributed by atoms with E-state index in [1.807, 2.05) is 39.0 Å². The summed E-state index contributed by atoms with van der Waals surface area (Å²) in [5.74, 6) is 0.0204. The molecule has 2 rings (SSSR count). The molecule has 2 aromatic carbocycles. The van der Waals surface area contributed by atoms with Gasteiger partial charge >= 0.3 is 0 Å². The van der Waals surface area contributed by atoms with Gasteiger partial charge in [-0.3, -0.25) is 9.59 Å². The highest BCUT2D eigenvalue weighted by Crippen LogP contribution is 2.36. The number of rotatable bonds is 8. The summed E-state index contributed by atoms with van der Waals surface area (Å²) in [6.07, 6.45) is 0.817. The maximum absolute atomic E-state index is 12.4. The Morgan fingerprint density at radius 2 is 1.82 bits per heavy atom. The second-order valence-electron chi connectivity index (χ2n) is 6.34. The van der Waals surface area contributed by atoms with Crippen LogP contribution in [0.3, 0.4) is 0 Å². The molecule has 0 saturated carbocycles. The molecule has 0 spiro atoms. The molecule has 7 heteroatoms. The molecular weight excluding hydrogens is 380 g/mol. The second kappa shape index (κ2) is 9.99. The van der Waals surface area contributed by atoms with Gasteiger partial charge in [-0.2, -0.15) is 0 Å². The van der Waals surface area contributed by atoms with Crippen LogP contribution in [-0.2, 0) is 4.79 Å². The van der Waals surface area contributed by atoms with E-state index in [9.17, 15) is 9.59 Å². The minimum Gasteiger partial charge on any atom is -0.493 e. The van der Waals surface area contributed by atoms with E-state index in [-0.39, 0.29) is 23.0 Å². The molecule has 0 unspecified atom stereocenters. The number of nitrogens with one attached hydrogen (secondary N) is 2. The standard InChI is InChI=1S/C21H25ClN2O4/c1-5-9-28-20-16(22)10-15(11-17(20)27-4)21(26)23-12-18(25)24-19-13(2)7-6-8-14(19)3/h6-8,10-11H,5,9,12H2,1-4H3,(H,23,26)(H,24,25). The number of para-hydroxylation sites is 1. The van der Waals surface area contributed by atoms with Gasteiger partial charge in [0.2, 0.25) is 5.91 Å². The summed E-state index contributed by atoms with van der Waals surface area (Å²) >= 11 is 6.23. The van der Waals surface area contributed by atoms with Crippen LogP contribution in [0.1, 0.15) is 34.8 Å². The Morgan fingerprint density at radius 3 is 2.43 bits per heavy atom. The van der Waals surface area contributed by atoms with Crippen molar-refractivity contribution in [2.75, 3.05) is 25.6 Å². The lowest BCUT2D eigenvalue weighted by Crippen LogP contribution is -2.33. The molecule has 2 amide bonds. The van der Waals surface area contributed by atoms with Crippen LogP contribution < -0.4 is 20.1 Å². The van der Waals surface area contributed by atoms with Crippen LogP contribution in [-0.4, -0.2) is 32.1 Å². The minimum atomic E-state index is -0.432. The predicted octanol–water partition coefficient (Wildman–Crippen LogP) is 4.12. The number of anilines is 1. The maximum atomic E-state index is 12.4. The first-order valence-electron chi connectivity index (χ1n) is 9.02. The van der Waals surface area contributed by atoms with E-state index in [1.54, 1.807) is 0 Å². The average Bonchev–Trinajstić information content (AvgIpc) is 2.67. The molecular formula is C21H25ClN2O4. The quantitative estimate of drug-likeness (QED) is 0.693. The van der Waals surface area contributed by atoms with E-state index in [4.69, 9.17) is 21.1 Å². The largest absolute Gasteiger partial charge is 0.493 e. The molecule has 0 fully saturated rings. The summed E-state index contributed by atoms with van der Waals surface area (Å²) in [5, 5.41) is 5.70. The van der Waals surface area contributed by atoms with E-state index in [0.29, 0.717) is 18.1 Å². The van der Waals surface area contributed by atoms with Crippen molar-refractivity contribution in [1.82, 2.24) is 5.32 Å².